The van der Waals surface area contributed by atoms with Crippen LogP contribution >= 0.6 is 0 Å². The van der Waals surface area contributed by atoms with Crippen molar-refractivity contribution in [2.24, 2.45) is 5.73 Å². The van der Waals surface area contributed by atoms with Crippen LogP contribution in [0.1, 0.15) is 33.9 Å². The minimum Gasteiger partial charge on any atom is -0.366 e. The Morgan fingerprint density at radius 2 is 1.88 bits per heavy atom. The van der Waals surface area contributed by atoms with Crippen LogP contribution in [-0.4, -0.2) is 27.6 Å². The van der Waals surface area contributed by atoms with Gasteiger partial charge in [0.25, 0.3) is 0 Å². The van der Waals surface area contributed by atoms with Gasteiger partial charge in [-0.25, -0.2) is 4.21 Å². The van der Waals surface area contributed by atoms with Gasteiger partial charge in [0.05, 0.1) is 12.6 Å². The molecule has 126 valence electrons. The van der Waals surface area contributed by atoms with Crippen molar-refractivity contribution in [2.75, 3.05) is 13.2 Å². The van der Waals surface area contributed by atoms with E-state index in [2.05, 4.69) is 0 Å². The van der Waals surface area contributed by atoms with Gasteiger partial charge >= 0.3 is 0 Å². The summed E-state index contributed by atoms with van der Waals surface area (Å²) in [7, 11) is 0. The van der Waals surface area contributed by atoms with Crippen LogP contribution in [0, 0.1) is 0 Å². The summed E-state index contributed by atoms with van der Waals surface area (Å²) in [5, 5.41) is 0. The number of carbonyl (C=O) groups excluding carboxylic acids is 1. The van der Waals surface area contributed by atoms with Crippen molar-refractivity contribution >= 4 is 17.2 Å². The Morgan fingerprint density at radius 3 is 2.54 bits per heavy atom. The summed E-state index contributed by atoms with van der Waals surface area (Å²) in [6.07, 6.45) is 1.70. The predicted molar refractivity (Wildman–Crippen MR) is 93.3 cm³/mol. The zero-order chi connectivity index (χ0) is 16.9. The monoisotopic (exact) mass is 344 g/mol. The molecule has 1 fully saturated rings. The van der Waals surface area contributed by atoms with Crippen molar-refractivity contribution in [1.29, 1.82) is 0 Å². The second kappa shape index (κ2) is 7.70. The van der Waals surface area contributed by atoms with Crippen LogP contribution in [0.4, 0.5) is 0 Å². The predicted octanol–water partition coefficient (Wildman–Crippen LogP) is 2.37. The molecule has 1 aliphatic heterocycles. The van der Waals surface area contributed by atoms with Gasteiger partial charge in [0.15, 0.2) is 0 Å². The Labute approximate surface area is 144 Å². The van der Waals surface area contributed by atoms with E-state index < -0.39 is 17.2 Å². The molecule has 6 heteroatoms. The number of rotatable bonds is 6. The third-order valence-electron chi connectivity index (χ3n) is 4.13. The standard InChI is InChI=1S/C18H20N2O3S/c19-18(21)16-10-8-14(9-11-16)5-4-12-20-17(13-23-24(20)22)15-6-2-1-3-7-15/h1-3,6-11,17H,4-5,12-13H2,(H2,19,21). The molecule has 2 aromatic rings. The molecule has 5 nitrogen and oxygen atoms in total. The molecule has 2 N–H and O–H groups in total. The number of primary amides is 1. The first-order valence-electron chi connectivity index (χ1n) is 7.90. The molecule has 2 unspecified atom stereocenters. The summed E-state index contributed by atoms with van der Waals surface area (Å²) < 4.78 is 19.3. The lowest BCUT2D eigenvalue weighted by Gasteiger charge is -2.20. The largest absolute Gasteiger partial charge is 0.366 e. The maximum Gasteiger partial charge on any atom is 0.248 e. The summed E-state index contributed by atoms with van der Waals surface area (Å²) in [5.74, 6) is -0.420. The normalized spacial score (nSPS) is 21.0. The zero-order valence-corrected chi connectivity index (χ0v) is 14.1. The lowest BCUT2D eigenvalue weighted by molar-refractivity contribution is 0.100. The Bertz CT molecular complexity index is 719. The Kier molecular flexibility index (Phi) is 5.40. The van der Waals surface area contributed by atoms with Crippen molar-refractivity contribution in [1.82, 2.24) is 4.31 Å². The van der Waals surface area contributed by atoms with Gasteiger partial charge in [-0.2, -0.15) is 4.31 Å². The second-order valence-corrected chi connectivity index (χ2v) is 6.87. The maximum absolute atomic E-state index is 12.1. The second-order valence-electron chi connectivity index (χ2n) is 5.73. The highest BCUT2D eigenvalue weighted by molar-refractivity contribution is 7.77. The summed E-state index contributed by atoms with van der Waals surface area (Å²) in [4.78, 5) is 11.1. The molecule has 3 rings (SSSR count). The van der Waals surface area contributed by atoms with Gasteiger partial charge in [-0.3, -0.25) is 8.98 Å². The fourth-order valence-corrected chi connectivity index (χ4v) is 3.87. The quantitative estimate of drug-likeness (QED) is 0.874. The highest BCUT2D eigenvalue weighted by Gasteiger charge is 2.32. The first kappa shape index (κ1) is 16.8. The number of benzene rings is 2. The molecule has 2 atom stereocenters. The molecule has 0 saturated carbocycles. The van der Waals surface area contributed by atoms with E-state index in [-0.39, 0.29) is 6.04 Å². The van der Waals surface area contributed by atoms with Gasteiger partial charge in [0.1, 0.15) is 0 Å². The number of hydrogen-bond acceptors (Lipinski definition) is 3. The smallest absolute Gasteiger partial charge is 0.248 e. The minimum atomic E-state index is -1.39. The van der Waals surface area contributed by atoms with Crippen LogP contribution in [-0.2, 0) is 21.9 Å². The van der Waals surface area contributed by atoms with Crippen LogP contribution in [0.25, 0.3) is 0 Å². The highest BCUT2D eigenvalue weighted by Crippen LogP contribution is 2.29. The molecule has 0 aromatic heterocycles. The molecule has 0 spiro atoms. The van der Waals surface area contributed by atoms with Crippen LogP contribution in [0.15, 0.2) is 54.6 Å². The zero-order valence-electron chi connectivity index (χ0n) is 13.3. The van der Waals surface area contributed by atoms with E-state index in [9.17, 15) is 9.00 Å². The minimum absolute atomic E-state index is 0.0317. The van der Waals surface area contributed by atoms with E-state index in [0.29, 0.717) is 18.7 Å². The number of nitrogens with two attached hydrogens (primary N) is 1. The first-order valence-corrected chi connectivity index (χ1v) is 8.94. The summed E-state index contributed by atoms with van der Waals surface area (Å²) in [6, 6.07) is 17.3. The molecular formula is C18H20N2O3S. The topological polar surface area (TPSA) is 72.6 Å². The van der Waals surface area contributed by atoms with E-state index in [4.69, 9.17) is 9.92 Å². The first-order chi connectivity index (χ1) is 11.6. The van der Waals surface area contributed by atoms with Crippen molar-refractivity contribution in [3.05, 3.63) is 71.3 Å². The number of amides is 1. The Balaban J connectivity index is 1.58. The third kappa shape index (κ3) is 3.90. The SMILES string of the molecule is NC(=O)c1ccc(CCCN2C(c3ccccc3)COS2=O)cc1. The average molecular weight is 344 g/mol. The highest BCUT2D eigenvalue weighted by atomic mass is 32.2. The number of hydrogen-bond donors (Lipinski definition) is 1. The molecule has 0 radical (unpaired) electrons. The molecule has 1 saturated heterocycles. The number of nitrogens with zero attached hydrogens (tertiary/aromatic N) is 1. The van der Waals surface area contributed by atoms with Gasteiger partial charge < -0.3 is 5.73 Å². The van der Waals surface area contributed by atoms with Crippen molar-refractivity contribution in [2.45, 2.75) is 18.9 Å². The maximum atomic E-state index is 12.1. The van der Waals surface area contributed by atoms with Crippen LogP contribution in [0.2, 0.25) is 0 Å². The molecule has 1 heterocycles. The number of carbonyl (C=O) groups is 1. The molecule has 1 aliphatic rings. The lowest BCUT2D eigenvalue weighted by Crippen LogP contribution is -2.26. The van der Waals surface area contributed by atoms with Crippen molar-refractivity contribution < 1.29 is 13.2 Å². The fraction of sp³-hybridized carbons (Fsp3) is 0.278. The lowest BCUT2D eigenvalue weighted by atomic mass is 10.1. The van der Waals surface area contributed by atoms with Gasteiger partial charge in [-0.1, -0.05) is 42.5 Å². The van der Waals surface area contributed by atoms with Gasteiger partial charge in [-0.15, -0.1) is 0 Å². The van der Waals surface area contributed by atoms with Gasteiger partial charge in [0.2, 0.25) is 17.2 Å². The Hall–Kier alpha value is -2.02. The average Bonchev–Trinajstić information content (AvgIpc) is 2.97. The van der Waals surface area contributed by atoms with E-state index in [1.54, 1.807) is 12.1 Å². The van der Waals surface area contributed by atoms with E-state index in [0.717, 1.165) is 24.0 Å². The third-order valence-corrected chi connectivity index (χ3v) is 5.29. The van der Waals surface area contributed by atoms with E-state index in [1.165, 1.54) is 0 Å². The van der Waals surface area contributed by atoms with Gasteiger partial charge in [-0.05, 0) is 36.1 Å². The fourth-order valence-electron chi connectivity index (χ4n) is 2.82. The molecule has 0 aliphatic carbocycles. The van der Waals surface area contributed by atoms with Gasteiger partial charge in [0, 0.05) is 12.1 Å². The molecular weight excluding hydrogens is 324 g/mol. The van der Waals surface area contributed by atoms with E-state index in [1.807, 2.05) is 46.8 Å². The van der Waals surface area contributed by atoms with Crippen LogP contribution in [0.3, 0.4) is 0 Å². The van der Waals surface area contributed by atoms with E-state index >= 15 is 0 Å². The van der Waals surface area contributed by atoms with Crippen LogP contribution in [0.5, 0.6) is 0 Å². The Morgan fingerprint density at radius 1 is 1.17 bits per heavy atom. The van der Waals surface area contributed by atoms with Crippen LogP contribution < -0.4 is 5.73 Å². The van der Waals surface area contributed by atoms with Crippen molar-refractivity contribution in [3.63, 3.8) is 0 Å². The summed E-state index contributed by atoms with van der Waals surface area (Å²) in [6.45, 7) is 1.13. The summed E-state index contributed by atoms with van der Waals surface area (Å²) in [5.41, 5.74) is 8.00. The number of aryl methyl sites for hydroxylation is 1. The molecule has 1 amide bonds. The van der Waals surface area contributed by atoms with Crippen molar-refractivity contribution in [3.8, 4) is 0 Å². The summed E-state index contributed by atoms with van der Waals surface area (Å²) >= 11 is -1.39. The molecule has 2 aromatic carbocycles. The molecule has 0 bridgehead atoms. The molecule has 24 heavy (non-hydrogen) atoms.